The van der Waals surface area contributed by atoms with Crippen molar-refractivity contribution in [3.63, 3.8) is 0 Å². The maximum atomic E-state index is 14.2. The summed E-state index contributed by atoms with van der Waals surface area (Å²) in [5, 5.41) is 0. The molecule has 0 atom stereocenters. The third-order valence-corrected chi connectivity index (χ3v) is 4.88. The van der Waals surface area contributed by atoms with Crippen molar-refractivity contribution in [1.82, 2.24) is 0 Å². The molecule has 0 saturated carbocycles. The second kappa shape index (κ2) is 10.9. The molecule has 2 rings (SSSR count). The Bertz CT molecular complexity index is 735. The first-order chi connectivity index (χ1) is 13.1. The molecule has 0 heterocycles. The fourth-order valence-corrected chi connectivity index (χ4v) is 3.32. The van der Waals surface area contributed by atoms with Crippen molar-refractivity contribution in [2.24, 2.45) is 0 Å². The van der Waals surface area contributed by atoms with Gasteiger partial charge in [0.15, 0.2) is 17.3 Å². The van der Waals surface area contributed by atoms with Gasteiger partial charge in [0.05, 0.1) is 6.61 Å². The Morgan fingerprint density at radius 1 is 0.926 bits per heavy atom. The smallest absolute Gasteiger partial charge is 0.168 e. The summed E-state index contributed by atoms with van der Waals surface area (Å²) in [4.78, 5) is 12.4. The van der Waals surface area contributed by atoms with Gasteiger partial charge in [0.2, 0.25) is 0 Å². The van der Waals surface area contributed by atoms with E-state index in [9.17, 15) is 9.18 Å². The number of carbonyl (C=O) groups is 1. The van der Waals surface area contributed by atoms with E-state index in [2.05, 4.69) is 31.2 Å². The van der Waals surface area contributed by atoms with Crippen LogP contribution in [-0.4, -0.2) is 12.4 Å². The molecule has 0 aliphatic carbocycles. The van der Waals surface area contributed by atoms with Gasteiger partial charge >= 0.3 is 0 Å². The quantitative estimate of drug-likeness (QED) is 0.335. The monoisotopic (exact) mass is 370 g/mol. The lowest BCUT2D eigenvalue weighted by molar-refractivity contribution is 0.0978. The minimum Gasteiger partial charge on any atom is -0.491 e. The highest BCUT2D eigenvalue weighted by molar-refractivity contribution is 5.97. The summed E-state index contributed by atoms with van der Waals surface area (Å²) in [6.45, 7) is 6.06. The van der Waals surface area contributed by atoms with Gasteiger partial charge in [0, 0.05) is 12.0 Å². The van der Waals surface area contributed by atoms with Crippen molar-refractivity contribution in [2.75, 3.05) is 6.61 Å². The molecule has 0 N–H and O–H groups in total. The molecule has 146 valence electrons. The summed E-state index contributed by atoms with van der Waals surface area (Å²) in [5.41, 5.74) is 3.61. The van der Waals surface area contributed by atoms with Crippen molar-refractivity contribution >= 4 is 5.78 Å². The van der Waals surface area contributed by atoms with E-state index in [-0.39, 0.29) is 11.5 Å². The zero-order chi connectivity index (χ0) is 19.6. The molecular formula is C24H31FO2. The number of hydrogen-bond donors (Lipinski definition) is 0. The Hall–Kier alpha value is -2.16. The summed E-state index contributed by atoms with van der Waals surface area (Å²) in [5.74, 6) is -0.191. The van der Waals surface area contributed by atoms with Crippen LogP contribution >= 0.6 is 0 Å². The molecule has 27 heavy (non-hydrogen) atoms. The van der Waals surface area contributed by atoms with Gasteiger partial charge in [-0.15, -0.1) is 0 Å². The van der Waals surface area contributed by atoms with E-state index < -0.39 is 5.82 Å². The van der Waals surface area contributed by atoms with Crippen LogP contribution in [0.1, 0.15) is 73.0 Å². The van der Waals surface area contributed by atoms with Crippen LogP contribution in [0.15, 0.2) is 36.4 Å². The van der Waals surface area contributed by atoms with Crippen LogP contribution in [0.3, 0.4) is 0 Å². The van der Waals surface area contributed by atoms with Crippen LogP contribution < -0.4 is 4.74 Å². The average Bonchev–Trinajstić information content (AvgIpc) is 2.67. The molecular weight excluding hydrogens is 339 g/mol. The Morgan fingerprint density at radius 3 is 2.22 bits per heavy atom. The number of aryl methyl sites for hydroxylation is 2. The second-order valence-corrected chi connectivity index (χ2v) is 7.03. The summed E-state index contributed by atoms with van der Waals surface area (Å²) in [6.07, 6.45) is 6.71. The van der Waals surface area contributed by atoms with E-state index in [1.165, 1.54) is 17.5 Å². The first kappa shape index (κ1) is 21.1. The standard InChI is InChI=1S/C24H31FO2/c1-4-9-19-12-14-20(15-13-19)10-7-6-8-11-22(26)21-16-17-23(27-5-2)24(25)18(21)3/h12-17H,4-11H2,1-3H3. The molecule has 0 fully saturated rings. The van der Waals surface area contributed by atoms with Crippen LogP contribution in [0.5, 0.6) is 5.75 Å². The number of halogens is 1. The third-order valence-electron chi connectivity index (χ3n) is 4.88. The minimum absolute atomic E-state index is 0.0124. The maximum Gasteiger partial charge on any atom is 0.168 e. The minimum atomic E-state index is -0.422. The predicted molar refractivity (Wildman–Crippen MR) is 109 cm³/mol. The summed E-state index contributed by atoms with van der Waals surface area (Å²) in [6, 6.07) is 12.1. The van der Waals surface area contributed by atoms with Crippen LogP contribution in [0, 0.1) is 12.7 Å². The Labute approximate surface area is 162 Å². The number of benzene rings is 2. The van der Waals surface area contributed by atoms with E-state index >= 15 is 0 Å². The van der Waals surface area contributed by atoms with Crippen molar-refractivity contribution in [2.45, 2.75) is 65.7 Å². The number of Topliss-reactive ketones (excluding diaryl/α,β-unsaturated/α-hetero) is 1. The lowest BCUT2D eigenvalue weighted by Gasteiger charge is -2.10. The summed E-state index contributed by atoms with van der Waals surface area (Å²) < 4.78 is 19.5. The number of ketones is 1. The van der Waals surface area contributed by atoms with Crippen LogP contribution in [0.4, 0.5) is 4.39 Å². The zero-order valence-electron chi connectivity index (χ0n) is 16.8. The first-order valence-corrected chi connectivity index (χ1v) is 10.1. The second-order valence-electron chi connectivity index (χ2n) is 7.03. The van der Waals surface area contributed by atoms with E-state index in [0.717, 1.165) is 32.1 Å². The lowest BCUT2D eigenvalue weighted by Crippen LogP contribution is -2.05. The molecule has 0 aliphatic heterocycles. The van der Waals surface area contributed by atoms with Gasteiger partial charge in [0.1, 0.15) is 0 Å². The van der Waals surface area contributed by atoms with E-state index in [4.69, 9.17) is 4.74 Å². The molecule has 0 saturated heterocycles. The normalized spacial score (nSPS) is 10.8. The molecule has 3 heteroatoms. The SMILES string of the molecule is CCCc1ccc(CCCCCC(=O)c2ccc(OCC)c(F)c2C)cc1. The van der Waals surface area contributed by atoms with Gasteiger partial charge < -0.3 is 4.74 Å². The van der Waals surface area contributed by atoms with Gasteiger partial charge in [-0.2, -0.15) is 0 Å². The highest BCUT2D eigenvalue weighted by atomic mass is 19.1. The molecule has 0 amide bonds. The fourth-order valence-electron chi connectivity index (χ4n) is 3.32. The number of rotatable bonds is 11. The molecule has 0 aliphatic rings. The molecule has 0 unspecified atom stereocenters. The molecule has 0 spiro atoms. The first-order valence-electron chi connectivity index (χ1n) is 10.1. The van der Waals surface area contributed by atoms with Crippen molar-refractivity contribution in [3.8, 4) is 5.75 Å². The topological polar surface area (TPSA) is 26.3 Å². The average molecular weight is 371 g/mol. The van der Waals surface area contributed by atoms with Crippen LogP contribution in [0.25, 0.3) is 0 Å². The van der Waals surface area contributed by atoms with E-state index in [0.29, 0.717) is 24.2 Å². The highest BCUT2D eigenvalue weighted by Gasteiger charge is 2.15. The molecule has 0 aromatic heterocycles. The molecule has 2 nitrogen and oxygen atoms in total. The number of unbranched alkanes of at least 4 members (excludes halogenated alkanes) is 2. The van der Waals surface area contributed by atoms with Gasteiger partial charge in [0.25, 0.3) is 0 Å². The summed E-state index contributed by atoms with van der Waals surface area (Å²) in [7, 11) is 0. The van der Waals surface area contributed by atoms with E-state index in [1.807, 2.05) is 6.92 Å². The largest absolute Gasteiger partial charge is 0.491 e. The molecule has 2 aromatic carbocycles. The van der Waals surface area contributed by atoms with Crippen molar-refractivity contribution in [3.05, 3.63) is 64.5 Å². The fraction of sp³-hybridized carbons (Fsp3) is 0.458. The number of carbonyl (C=O) groups excluding carboxylic acids is 1. The Balaban J connectivity index is 1.77. The zero-order valence-corrected chi connectivity index (χ0v) is 16.8. The predicted octanol–water partition coefficient (Wildman–Crippen LogP) is 6.47. The third kappa shape index (κ3) is 6.20. The van der Waals surface area contributed by atoms with Gasteiger partial charge in [-0.25, -0.2) is 4.39 Å². The Kier molecular flexibility index (Phi) is 8.50. The van der Waals surface area contributed by atoms with E-state index in [1.54, 1.807) is 19.1 Å². The van der Waals surface area contributed by atoms with Crippen molar-refractivity contribution in [1.29, 1.82) is 0 Å². The van der Waals surface area contributed by atoms with Gasteiger partial charge in [-0.05, 0) is 68.4 Å². The molecule has 0 bridgehead atoms. The Morgan fingerprint density at radius 2 is 1.59 bits per heavy atom. The molecule has 2 aromatic rings. The maximum absolute atomic E-state index is 14.2. The molecule has 0 radical (unpaired) electrons. The van der Waals surface area contributed by atoms with Crippen LogP contribution in [0.2, 0.25) is 0 Å². The summed E-state index contributed by atoms with van der Waals surface area (Å²) >= 11 is 0. The van der Waals surface area contributed by atoms with Crippen LogP contribution in [-0.2, 0) is 12.8 Å². The van der Waals surface area contributed by atoms with Gasteiger partial charge in [-0.3, -0.25) is 4.79 Å². The lowest BCUT2D eigenvalue weighted by atomic mass is 9.98. The number of ether oxygens (including phenoxy) is 1. The highest BCUT2D eigenvalue weighted by Crippen LogP contribution is 2.25. The number of hydrogen-bond acceptors (Lipinski definition) is 2. The van der Waals surface area contributed by atoms with Gasteiger partial charge in [-0.1, -0.05) is 44.0 Å². The van der Waals surface area contributed by atoms with Crippen molar-refractivity contribution < 1.29 is 13.9 Å².